The van der Waals surface area contributed by atoms with E-state index in [1.165, 1.54) is 11.1 Å². The standard InChI is InChI=1S/C20H29NO2/c1-4-20-9-10-21(13-19(23)7-8-19)17(18(20,2)3)11-14-5-6-15(22)12-16(14)20/h5-6,12,17,22-23H,4,7-11,13H2,1-3H3/t17-,20?/m0/s1. The Kier molecular flexibility index (Phi) is 3.18. The number of phenols is 1. The third-order valence-electron chi connectivity index (χ3n) is 7.28. The van der Waals surface area contributed by atoms with Crippen molar-refractivity contribution in [3.05, 3.63) is 29.3 Å². The molecule has 2 bridgehead atoms. The molecule has 1 unspecified atom stereocenters. The Morgan fingerprint density at radius 1 is 1.22 bits per heavy atom. The van der Waals surface area contributed by atoms with E-state index in [9.17, 15) is 10.2 Å². The van der Waals surface area contributed by atoms with E-state index in [1.807, 2.05) is 12.1 Å². The number of fused-ring (bicyclic) bond motifs is 4. The molecule has 2 aliphatic carbocycles. The molecule has 0 aromatic heterocycles. The van der Waals surface area contributed by atoms with Crippen molar-refractivity contribution in [1.29, 1.82) is 0 Å². The zero-order chi connectivity index (χ0) is 16.5. The van der Waals surface area contributed by atoms with Crippen molar-refractivity contribution in [2.24, 2.45) is 5.41 Å². The molecule has 0 spiro atoms. The minimum Gasteiger partial charge on any atom is -0.508 e. The minimum atomic E-state index is -0.419. The molecule has 2 N–H and O–H groups in total. The lowest BCUT2D eigenvalue weighted by Gasteiger charge is -2.62. The summed E-state index contributed by atoms with van der Waals surface area (Å²) in [5.74, 6) is 0.389. The van der Waals surface area contributed by atoms with Crippen molar-refractivity contribution in [2.45, 2.75) is 69.9 Å². The first kappa shape index (κ1) is 15.5. The second-order valence-corrected chi connectivity index (χ2v) is 8.66. The number of aromatic hydroxyl groups is 1. The van der Waals surface area contributed by atoms with Crippen LogP contribution in [0.1, 0.15) is 57.6 Å². The van der Waals surface area contributed by atoms with Crippen LogP contribution in [0.4, 0.5) is 0 Å². The number of piperidine rings is 1. The fraction of sp³-hybridized carbons (Fsp3) is 0.700. The van der Waals surface area contributed by atoms with Gasteiger partial charge in [0.05, 0.1) is 5.60 Å². The van der Waals surface area contributed by atoms with Crippen molar-refractivity contribution in [3.8, 4) is 5.75 Å². The van der Waals surface area contributed by atoms with Gasteiger partial charge in [0.25, 0.3) is 0 Å². The summed E-state index contributed by atoms with van der Waals surface area (Å²) in [5, 5.41) is 20.5. The van der Waals surface area contributed by atoms with Gasteiger partial charge in [0.1, 0.15) is 5.75 Å². The number of β-amino-alcohol motifs (C(OH)–C–C–N with tert-alkyl or cyclic N) is 1. The van der Waals surface area contributed by atoms with Crippen LogP contribution in [0, 0.1) is 5.41 Å². The highest BCUT2D eigenvalue weighted by Crippen LogP contribution is 2.58. The van der Waals surface area contributed by atoms with Crippen LogP contribution in [0.2, 0.25) is 0 Å². The molecule has 3 heteroatoms. The maximum Gasteiger partial charge on any atom is 0.115 e. The number of nitrogens with zero attached hydrogens (tertiary/aromatic N) is 1. The molecule has 0 amide bonds. The highest BCUT2D eigenvalue weighted by Gasteiger charge is 2.58. The number of aliphatic hydroxyl groups is 1. The van der Waals surface area contributed by atoms with Crippen molar-refractivity contribution < 1.29 is 10.2 Å². The Morgan fingerprint density at radius 3 is 2.61 bits per heavy atom. The summed E-state index contributed by atoms with van der Waals surface area (Å²) in [6.45, 7) is 8.98. The molecule has 1 saturated carbocycles. The van der Waals surface area contributed by atoms with E-state index in [1.54, 1.807) is 0 Å². The summed E-state index contributed by atoms with van der Waals surface area (Å²) in [6, 6.07) is 6.43. The third kappa shape index (κ3) is 2.09. The fourth-order valence-electron chi connectivity index (χ4n) is 5.54. The van der Waals surface area contributed by atoms with Crippen LogP contribution in [0.3, 0.4) is 0 Å². The number of benzene rings is 1. The van der Waals surface area contributed by atoms with Crippen LogP contribution in [-0.4, -0.2) is 39.8 Å². The van der Waals surface area contributed by atoms with Crippen LogP contribution in [0.5, 0.6) is 5.75 Å². The van der Waals surface area contributed by atoms with E-state index in [4.69, 9.17) is 0 Å². The molecule has 1 aromatic carbocycles. The molecule has 3 aliphatic rings. The normalized spacial score (nSPS) is 34.0. The first-order valence-electron chi connectivity index (χ1n) is 9.10. The lowest BCUT2D eigenvalue weighted by Crippen LogP contribution is -2.65. The SMILES string of the molecule is CCC12CCN(CC3(O)CC3)[C@@H](Cc3ccc(O)cc31)C2(C)C. The second-order valence-electron chi connectivity index (χ2n) is 8.66. The van der Waals surface area contributed by atoms with Gasteiger partial charge < -0.3 is 10.2 Å². The molecule has 1 saturated heterocycles. The molecule has 1 aromatic rings. The van der Waals surface area contributed by atoms with Crippen molar-refractivity contribution in [3.63, 3.8) is 0 Å². The molecule has 3 nitrogen and oxygen atoms in total. The maximum atomic E-state index is 10.4. The molecule has 23 heavy (non-hydrogen) atoms. The first-order valence-corrected chi connectivity index (χ1v) is 9.10. The number of likely N-dealkylation sites (tertiary alicyclic amines) is 1. The summed E-state index contributed by atoms with van der Waals surface area (Å²) >= 11 is 0. The van der Waals surface area contributed by atoms with Gasteiger partial charge in [0.2, 0.25) is 0 Å². The Bertz CT molecular complexity index is 635. The van der Waals surface area contributed by atoms with Gasteiger partial charge >= 0.3 is 0 Å². The minimum absolute atomic E-state index is 0.132. The molecule has 2 atom stereocenters. The van der Waals surface area contributed by atoms with Gasteiger partial charge in [0, 0.05) is 18.0 Å². The first-order chi connectivity index (χ1) is 10.8. The summed E-state index contributed by atoms with van der Waals surface area (Å²) in [6.07, 6.45) is 5.16. The van der Waals surface area contributed by atoms with Gasteiger partial charge in [-0.2, -0.15) is 0 Å². The topological polar surface area (TPSA) is 43.7 Å². The number of rotatable bonds is 3. The van der Waals surface area contributed by atoms with Gasteiger partial charge in [-0.15, -0.1) is 0 Å². The van der Waals surface area contributed by atoms with E-state index in [-0.39, 0.29) is 10.8 Å². The highest BCUT2D eigenvalue weighted by atomic mass is 16.3. The monoisotopic (exact) mass is 315 g/mol. The van der Waals surface area contributed by atoms with Crippen molar-refractivity contribution >= 4 is 0 Å². The van der Waals surface area contributed by atoms with Gasteiger partial charge in [-0.05, 0) is 67.3 Å². The summed E-state index contributed by atoms with van der Waals surface area (Å²) < 4.78 is 0. The molecular formula is C20H29NO2. The molecule has 126 valence electrons. The smallest absolute Gasteiger partial charge is 0.115 e. The molecule has 1 aliphatic heterocycles. The predicted molar refractivity (Wildman–Crippen MR) is 91.7 cm³/mol. The zero-order valence-corrected chi connectivity index (χ0v) is 14.6. The summed E-state index contributed by atoms with van der Waals surface area (Å²) in [7, 11) is 0. The van der Waals surface area contributed by atoms with Gasteiger partial charge in [-0.1, -0.05) is 26.8 Å². The number of hydrogen-bond acceptors (Lipinski definition) is 3. The van der Waals surface area contributed by atoms with Crippen LogP contribution >= 0.6 is 0 Å². The predicted octanol–water partition coefficient (Wildman–Crippen LogP) is 3.22. The van der Waals surface area contributed by atoms with Crippen LogP contribution in [0.15, 0.2) is 18.2 Å². The Hall–Kier alpha value is -1.06. The Balaban J connectivity index is 1.79. The maximum absolute atomic E-state index is 10.4. The lowest BCUT2D eigenvalue weighted by molar-refractivity contribution is -0.0665. The Labute approximate surface area is 139 Å². The van der Waals surface area contributed by atoms with Crippen LogP contribution in [0.25, 0.3) is 0 Å². The number of phenolic OH excluding ortho intramolecular Hbond substituents is 1. The average Bonchev–Trinajstić information content (AvgIpc) is 3.21. The van der Waals surface area contributed by atoms with Crippen LogP contribution in [-0.2, 0) is 11.8 Å². The third-order valence-corrected chi connectivity index (χ3v) is 7.28. The Morgan fingerprint density at radius 2 is 1.96 bits per heavy atom. The fourth-order valence-corrected chi connectivity index (χ4v) is 5.54. The zero-order valence-electron chi connectivity index (χ0n) is 14.6. The van der Waals surface area contributed by atoms with Crippen LogP contribution < -0.4 is 0 Å². The van der Waals surface area contributed by atoms with E-state index in [0.29, 0.717) is 11.8 Å². The van der Waals surface area contributed by atoms with E-state index in [2.05, 4.69) is 31.7 Å². The van der Waals surface area contributed by atoms with E-state index in [0.717, 1.165) is 45.2 Å². The molecular weight excluding hydrogens is 286 g/mol. The largest absolute Gasteiger partial charge is 0.508 e. The van der Waals surface area contributed by atoms with Gasteiger partial charge in [0.15, 0.2) is 0 Å². The van der Waals surface area contributed by atoms with Crippen molar-refractivity contribution in [1.82, 2.24) is 4.90 Å². The summed E-state index contributed by atoms with van der Waals surface area (Å²) in [4.78, 5) is 2.55. The molecule has 0 radical (unpaired) electrons. The van der Waals surface area contributed by atoms with Crippen molar-refractivity contribution in [2.75, 3.05) is 13.1 Å². The lowest BCUT2D eigenvalue weighted by atomic mass is 9.49. The molecule has 2 fully saturated rings. The van der Waals surface area contributed by atoms with Gasteiger partial charge in [-0.3, -0.25) is 4.90 Å². The van der Waals surface area contributed by atoms with Gasteiger partial charge in [-0.25, -0.2) is 0 Å². The quantitative estimate of drug-likeness (QED) is 0.900. The average molecular weight is 315 g/mol. The second kappa shape index (κ2) is 4.73. The highest BCUT2D eigenvalue weighted by molar-refractivity contribution is 5.46. The molecule has 1 heterocycles. The van der Waals surface area contributed by atoms with E-state index >= 15 is 0 Å². The molecule has 4 rings (SSSR count). The summed E-state index contributed by atoms with van der Waals surface area (Å²) in [5.41, 5.74) is 2.61. The van der Waals surface area contributed by atoms with E-state index < -0.39 is 5.60 Å². The number of hydrogen-bond donors (Lipinski definition) is 2.